The minimum atomic E-state index is 0.625. The van der Waals surface area contributed by atoms with Crippen LogP contribution < -0.4 is 0 Å². The van der Waals surface area contributed by atoms with Crippen molar-refractivity contribution in [3.8, 4) is 0 Å². The van der Waals surface area contributed by atoms with Crippen LogP contribution >= 0.6 is 0 Å². The predicted octanol–water partition coefficient (Wildman–Crippen LogP) is 2.47. The number of hydrogen-bond acceptors (Lipinski definition) is 2. The van der Waals surface area contributed by atoms with Crippen molar-refractivity contribution in [3.63, 3.8) is 0 Å². The Labute approximate surface area is 95.9 Å². The lowest BCUT2D eigenvalue weighted by Crippen LogP contribution is -2.45. The van der Waals surface area contributed by atoms with Crippen LogP contribution in [0.2, 0.25) is 0 Å². The molecule has 0 radical (unpaired) electrons. The summed E-state index contributed by atoms with van der Waals surface area (Å²) in [5, 5.41) is 0. The molecule has 0 atom stereocenters. The maximum absolute atomic E-state index is 4.11. The molecule has 0 spiro atoms. The van der Waals surface area contributed by atoms with Crippen molar-refractivity contribution in [1.82, 2.24) is 9.80 Å². The van der Waals surface area contributed by atoms with Crippen LogP contribution in [0.15, 0.2) is 12.2 Å². The first kappa shape index (κ1) is 14.7. The molecule has 15 heavy (non-hydrogen) atoms. The fourth-order valence-electron chi connectivity index (χ4n) is 1.48. The topological polar surface area (TPSA) is 6.48 Å². The summed E-state index contributed by atoms with van der Waals surface area (Å²) in [5.74, 6) is 0.625. The van der Waals surface area contributed by atoms with Gasteiger partial charge in [-0.1, -0.05) is 39.8 Å². The van der Waals surface area contributed by atoms with Gasteiger partial charge in [0.1, 0.15) is 0 Å². The van der Waals surface area contributed by atoms with Gasteiger partial charge in [-0.2, -0.15) is 0 Å². The Balaban J connectivity index is 0.000000921. The molecule has 1 fully saturated rings. The van der Waals surface area contributed by atoms with E-state index in [9.17, 15) is 0 Å². The van der Waals surface area contributed by atoms with Crippen LogP contribution in [-0.2, 0) is 0 Å². The molecule has 1 saturated heterocycles. The maximum atomic E-state index is 4.11. The van der Waals surface area contributed by atoms with Crippen LogP contribution in [0.4, 0.5) is 0 Å². The quantitative estimate of drug-likeness (QED) is 0.663. The molecule has 1 heterocycles. The Morgan fingerprint density at radius 3 is 2.00 bits per heavy atom. The highest BCUT2D eigenvalue weighted by molar-refractivity contribution is 5.00. The zero-order chi connectivity index (χ0) is 11.8. The summed E-state index contributed by atoms with van der Waals surface area (Å²) < 4.78 is 0. The highest BCUT2D eigenvalue weighted by Gasteiger charge is 2.14. The molecule has 2 nitrogen and oxygen atoms in total. The zero-order valence-electron chi connectivity index (χ0n) is 11.2. The molecule has 0 aliphatic carbocycles. The first-order valence-corrected chi connectivity index (χ1v) is 6.18. The highest BCUT2D eigenvalue weighted by atomic mass is 15.2. The van der Waals surface area contributed by atoms with Crippen LogP contribution in [0.25, 0.3) is 0 Å². The molecular formula is C13H28N2. The molecule has 1 aliphatic heterocycles. The summed E-state index contributed by atoms with van der Waals surface area (Å²) in [5.41, 5.74) is 1.37. The van der Waals surface area contributed by atoms with Gasteiger partial charge in [-0.05, 0) is 13.0 Å². The molecule has 1 rings (SSSR count). The summed E-state index contributed by atoms with van der Waals surface area (Å²) in [6.45, 7) is 18.4. The molecular weight excluding hydrogens is 184 g/mol. The molecule has 0 aromatic carbocycles. The van der Waals surface area contributed by atoms with E-state index >= 15 is 0 Å². The number of rotatable bonds is 3. The molecule has 0 aromatic rings. The van der Waals surface area contributed by atoms with E-state index in [-0.39, 0.29) is 0 Å². The molecule has 2 heteroatoms. The second-order valence-corrected chi connectivity index (χ2v) is 4.39. The van der Waals surface area contributed by atoms with E-state index in [1.54, 1.807) is 0 Å². The van der Waals surface area contributed by atoms with E-state index in [1.165, 1.54) is 31.8 Å². The van der Waals surface area contributed by atoms with Gasteiger partial charge in [-0.25, -0.2) is 0 Å². The van der Waals surface area contributed by atoms with Gasteiger partial charge in [0.15, 0.2) is 0 Å². The smallest absolute Gasteiger partial charge is 0.0193 e. The van der Waals surface area contributed by atoms with Gasteiger partial charge in [0.2, 0.25) is 0 Å². The van der Waals surface area contributed by atoms with E-state index < -0.39 is 0 Å². The van der Waals surface area contributed by atoms with E-state index in [1.807, 2.05) is 13.8 Å². The summed E-state index contributed by atoms with van der Waals surface area (Å²) in [6.07, 6.45) is 0. The Kier molecular flexibility index (Phi) is 7.71. The largest absolute Gasteiger partial charge is 0.304 e. The first-order chi connectivity index (χ1) is 7.09. The van der Waals surface area contributed by atoms with E-state index in [0.29, 0.717) is 5.92 Å². The fraction of sp³-hybridized carbons (Fsp3) is 0.846. The number of piperazine rings is 1. The molecule has 90 valence electrons. The van der Waals surface area contributed by atoms with E-state index in [0.717, 1.165) is 6.54 Å². The van der Waals surface area contributed by atoms with Gasteiger partial charge in [0.25, 0.3) is 0 Å². The first-order valence-electron chi connectivity index (χ1n) is 6.18. The number of likely N-dealkylation sites (N-methyl/N-ethyl adjacent to an activating group) is 1. The second kappa shape index (κ2) is 7.89. The summed E-state index contributed by atoms with van der Waals surface area (Å²) in [6, 6.07) is 0. The third kappa shape index (κ3) is 5.95. The molecule has 0 unspecified atom stereocenters. The van der Waals surface area contributed by atoms with Crippen molar-refractivity contribution in [1.29, 1.82) is 0 Å². The summed E-state index contributed by atoms with van der Waals surface area (Å²) >= 11 is 0. The lowest BCUT2D eigenvalue weighted by atomic mass is 10.0. The van der Waals surface area contributed by atoms with Gasteiger partial charge < -0.3 is 4.90 Å². The molecule has 0 saturated carbocycles. The third-order valence-electron chi connectivity index (χ3n) is 2.84. The van der Waals surface area contributed by atoms with Crippen molar-refractivity contribution in [2.75, 3.05) is 39.8 Å². The minimum Gasteiger partial charge on any atom is -0.304 e. The van der Waals surface area contributed by atoms with Crippen molar-refractivity contribution in [3.05, 3.63) is 12.2 Å². The van der Waals surface area contributed by atoms with Crippen LogP contribution in [0, 0.1) is 5.92 Å². The van der Waals surface area contributed by atoms with Gasteiger partial charge in [-0.3, -0.25) is 4.90 Å². The molecule has 0 N–H and O–H groups in total. The zero-order valence-corrected chi connectivity index (χ0v) is 11.2. The van der Waals surface area contributed by atoms with Crippen LogP contribution in [0.5, 0.6) is 0 Å². The SMILES string of the molecule is C=C(CN1CCN(C)CC1)C(C)C.CC. The van der Waals surface area contributed by atoms with Gasteiger partial charge >= 0.3 is 0 Å². The van der Waals surface area contributed by atoms with Crippen LogP contribution in [0.3, 0.4) is 0 Å². The van der Waals surface area contributed by atoms with Crippen molar-refractivity contribution in [2.24, 2.45) is 5.92 Å². The normalized spacial score (nSPS) is 18.5. The third-order valence-corrected chi connectivity index (χ3v) is 2.84. The number of hydrogen-bond donors (Lipinski definition) is 0. The Bertz CT molecular complexity index is 167. The fourth-order valence-corrected chi connectivity index (χ4v) is 1.48. The van der Waals surface area contributed by atoms with Gasteiger partial charge in [0.05, 0.1) is 0 Å². The Hall–Kier alpha value is -0.340. The van der Waals surface area contributed by atoms with Crippen molar-refractivity contribution in [2.45, 2.75) is 27.7 Å². The second-order valence-electron chi connectivity index (χ2n) is 4.39. The summed E-state index contributed by atoms with van der Waals surface area (Å²) in [4.78, 5) is 4.89. The Morgan fingerprint density at radius 1 is 1.13 bits per heavy atom. The van der Waals surface area contributed by atoms with Crippen molar-refractivity contribution >= 4 is 0 Å². The standard InChI is InChI=1S/C11H22N2.C2H6/c1-10(2)11(3)9-13-7-5-12(4)6-8-13;1-2/h10H,3,5-9H2,1-2,4H3;1-2H3. The van der Waals surface area contributed by atoms with E-state index in [4.69, 9.17) is 0 Å². The summed E-state index contributed by atoms with van der Waals surface area (Å²) in [7, 11) is 2.19. The van der Waals surface area contributed by atoms with Gasteiger partial charge in [-0.15, -0.1) is 0 Å². The number of nitrogens with zero attached hydrogens (tertiary/aromatic N) is 2. The van der Waals surface area contributed by atoms with E-state index in [2.05, 4.69) is 37.3 Å². The lowest BCUT2D eigenvalue weighted by Gasteiger charge is -2.33. The predicted molar refractivity (Wildman–Crippen MR) is 69.3 cm³/mol. The monoisotopic (exact) mass is 212 g/mol. The minimum absolute atomic E-state index is 0.625. The average molecular weight is 212 g/mol. The average Bonchev–Trinajstić information content (AvgIpc) is 2.24. The maximum Gasteiger partial charge on any atom is 0.0193 e. The molecule has 0 amide bonds. The molecule has 0 aromatic heterocycles. The lowest BCUT2D eigenvalue weighted by molar-refractivity contribution is 0.162. The molecule has 0 bridgehead atoms. The van der Waals surface area contributed by atoms with Crippen LogP contribution in [-0.4, -0.2) is 49.6 Å². The highest BCUT2D eigenvalue weighted by Crippen LogP contribution is 2.10. The Morgan fingerprint density at radius 2 is 1.60 bits per heavy atom. The molecule has 1 aliphatic rings. The van der Waals surface area contributed by atoms with Gasteiger partial charge in [0, 0.05) is 32.7 Å². The van der Waals surface area contributed by atoms with Crippen molar-refractivity contribution < 1.29 is 0 Å². The van der Waals surface area contributed by atoms with Crippen LogP contribution in [0.1, 0.15) is 27.7 Å².